The lowest BCUT2D eigenvalue weighted by Gasteiger charge is -2.37. The Morgan fingerprint density at radius 2 is 2.08 bits per heavy atom. The van der Waals surface area contributed by atoms with E-state index in [1.807, 2.05) is 6.92 Å². The fourth-order valence-electron chi connectivity index (χ4n) is 2.83. The van der Waals surface area contributed by atoms with Gasteiger partial charge < -0.3 is 25.2 Å². The molecule has 0 aliphatic heterocycles. The third-order valence-corrected chi connectivity index (χ3v) is 4.59. The molecule has 1 aliphatic rings. The number of aliphatic hydroxyl groups is 1. The number of aryl methyl sites for hydroxylation is 1. The van der Waals surface area contributed by atoms with Crippen LogP contribution in [-0.4, -0.2) is 50.1 Å². The monoisotopic (exact) mass is 363 g/mol. The smallest absolute Gasteiger partial charge is 0.191 e. The Bertz CT molecular complexity index is 586. The minimum Gasteiger partial charge on any atom is -0.493 e. The third-order valence-electron chi connectivity index (χ3n) is 4.59. The normalized spacial score (nSPS) is 16.1. The Balaban J connectivity index is 1.97. The molecule has 1 aromatic rings. The first kappa shape index (κ1) is 20.5. The first-order chi connectivity index (χ1) is 12.6. The number of benzene rings is 1. The third kappa shape index (κ3) is 6.50. The van der Waals surface area contributed by atoms with E-state index in [1.54, 1.807) is 7.11 Å². The number of hydrogen-bond acceptors (Lipinski definition) is 4. The average molecular weight is 364 g/mol. The molecule has 1 aromatic carbocycles. The van der Waals surface area contributed by atoms with Crippen LogP contribution in [0, 0.1) is 6.92 Å². The van der Waals surface area contributed by atoms with E-state index in [1.165, 1.54) is 0 Å². The topological polar surface area (TPSA) is 75.1 Å². The Hall–Kier alpha value is -1.79. The van der Waals surface area contributed by atoms with Gasteiger partial charge in [-0.2, -0.15) is 0 Å². The van der Waals surface area contributed by atoms with Crippen LogP contribution in [-0.2, 0) is 11.3 Å². The minimum absolute atomic E-state index is 0.521. The molecule has 0 spiro atoms. The predicted octanol–water partition coefficient (Wildman–Crippen LogP) is 2.38. The molecule has 3 N–H and O–H groups in total. The molecule has 1 aliphatic carbocycles. The zero-order valence-corrected chi connectivity index (χ0v) is 16.3. The zero-order valence-electron chi connectivity index (χ0n) is 16.3. The first-order valence-electron chi connectivity index (χ1n) is 9.52. The van der Waals surface area contributed by atoms with Crippen molar-refractivity contribution in [2.75, 3.05) is 33.4 Å². The van der Waals surface area contributed by atoms with E-state index in [0.717, 1.165) is 55.1 Å². The highest BCUT2D eigenvalue weighted by Gasteiger charge is 2.34. The fourth-order valence-corrected chi connectivity index (χ4v) is 2.83. The molecule has 0 radical (unpaired) electrons. The quantitative estimate of drug-likeness (QED) is 0.338. The highest BCUT2D eigenvalue weighted by molar-refractivity contribution is 5.79. The summed E-state index contributed by atoms with van der Waals surface area (Å²) >= 11 is 0. The van der Waals surface area contributed by atoms with Crippen LogP contribution in [0.2, 0.25) is 0 Å². The van der Waals surface area contributed by atoms with Crippen LogP contribution < -0.4 is 15.4 Å². The number of aliphatic imine (C=N–C) groups is 1. The van der Waals surface area contributed by atoms with E-state index in [4.69, 9.17) is 9.47 Å². The van der Waals surface area contributed by atoms with Crippen LogP contribution in [0.3, 0.4) is 0 Å². The van der Waals surface area contributed by atoms with Crippen LogP contribution in [0.4, 0.5) is 0 Å². The number of ether oxygens (including phenoxy) is 2. The van der Waals surface area contributed by atoms with E-state index >= 15 is 0 Å². The fraction of sp³-hybridized carbons (Fsp3) is 0.650. The number of hydrogen-bond donors (Lipinski definition) is 3. The van der Waals surface area contributed by atoms with Crippen LogP contribution in [0.5, 0.6) is 5.75 Å². The van der Waals surface area contributed by atoms with E-state index in [9.17, 15) is 5.11 Å². The van der Waals surface area contributed by atoms with Gasteiger partial charge >= 0.3 is 0 Å². The molecule has 6 heteroatoms. The molecule has 1 saturated carbocycles. The molecule has 0 aromatic heterocycles. The molecular weight excluding hydrogens is 330 g/mol. The van der Waals surface area contributed by atoms with Crippen LogP contribution in [0.15, 0.2) is 23.2 Å². The number of nitrogens with zero attached hydrogens (tertiary/aromatic N) is 1. The van der Waals surface area contributed by atoms with Crippen molar-refractivity contribution in [1.82, 2.24) is 10.6 Å². The lowest BCUT2D eigenvalue weighted by Crippen LogP contribution is -2.50. The Labute approximate surface area is 157 Å². The highest BCUT2D eigenvalue weighted by atomic mass is 16.5. The maximum atomic E-state index is 10.3. The van der Waals surface area contributed by atoms with Gasteiger partial charge in [-0.3, -0.25) is 0 Å². The van der Waals surface area contributed by atoms with Crippen LogP contribution in [0.25, 0.3) is 0 Å². The van der Waals surface area contributed by atoms with Crippen molar-refractivity contribution in [3.05, 3.63) is 29.3 Å². The molecule has 0 bridgehead atoms. The van der Waals surface area contributed by atoms with E-state index in [2.05, 4.69) is 40.7 Å². The second-order valence-electron chi connectivity index (χ2n) is 6.93. The summed E-state index contributed by atoms with van der Waals surface area (Å²) in [6.45, 7) is 7.24. The average Bonchev–Trinajstić information content (AvgIpc) is 2.60. The summed E-state index contributed by atoms with van der Waals surface area (Å²) in [5, 5.41) is 16.7. The molecule has 2 rings (SSSR count). The Morgan fingerprint density at radius 1 is 1.27 bits per heavy atom. The second-order valence-corrected chi connectivity index (χ2v) is 6.93. The molecule has 0 saturated heterocycles. The molecule has 1 fully saturated rings. The van der Waals surface area contributed by atoms with Gasteiger partial charge in [0, 0.05) is 38.8 Å². The Morgan fingerprint density at radius 3 is 2.73 bits per heavy atom. The summed E-state index contributed by atoms with van der Waals surface area (Å²) < 4.78 is 11.0. The summed E-state index contributed by atoms with van der Waals surface area (Å²) in [4.78, 5) is 4.66. The van der Waals surface area contributed by atoms with E-state index < -0.39 is 5.60 Å². The molecule has 0 unspecified atom stereocenters. The molecule has 6 nitrogen and oxygen atoms in total. The SMILES string of the molecule is CCNC(=NCc1ccc(C)cc1OCCCOC)NCC1(O)CCC1. The van der Waals surface area contributed by atoms with Gasteiger partial charge in [0.25, 0.3) is 0 Å². The van der Waals surface area contributed by atoms with Crippen LogP contribution >= 0.6 is 0 Å². The van der Waals surface area contributed by atoms with Gasteiger partial charge in [-0.05, 0) is 44.7 Å². The van der Waals surface area contributed by atoms with Crippen molar-refractivity contribution in [2.45, 2.75) is 51.7 Å². The van der Waals surface area contributed by atoms with Gasteiger partial charge in [0.1, 0.15) is 5.75 Å². The largest absolute Gasteiger partial charge is 0.493 e. The molecule has 0 atom stereocenters. The molecular formula is C20H33N3O3. The summed E-state index contributed by atoms with van der Waals surface area (Å²) in [5.41, 5.74) is 1.64. The van der Waals surface area contributed by atoms with Crippen molar-refractivity contribution < 1.29 is 14.6 Å². The molecule has 146 valence electrons. The van der Waals surface area contributed by atoms with Gasteiger partial charge in [0.15, 0.2) is 5.96 Å². The zero-order chi connectivity index (χ0) is 18.8. The highest BCUT2D eigenvalue weighted by Crippen LogP contribution is 2.30. The van der Waals surface area contributed by atoms with Gasteiger partial charge in [-0.25, -0.2) is 4.99 Å². The standard InChI is InChI=1S/C20H33N3O3/c1-4-21-19(23-15-20(24)9-5-10-20)22-14-17-8-7-16(2)13-18(17)26-12-6-11-25-3/h7-8,13,24H,4-6,9-12,14-15H2,1-3H3,(H2,21,22,23). The van der Waals surface area contributed by atoms with E-state index in [-0.39, 0.29) is 0 Å². The summed E-state index contributed by atoms with van der Waals surface area (Å²) in [6.07, 6.45) is 3.67. The predicted molar refractivity (Wildman–Crippen MR) is 105 cm³/mol. The van der Waals surface area contributed by atoms with Crippen molar-refractivity contribution >= 4 is 5.96 Å². The summed E-state index contributed by atoms with van der Waals surface area (Å²) in [6, 6.07) is 6.19. The lowest BCUT2D eigenvalue weighted by molar-refractivity contribution is -0.0279. The first-order valence-corrected chi connectivity index (χ1v) is 9.52. The number of nitrogens with one attached hydrogen (secondary N) is 2. The summed E-state index contributed by atoms with van der Waals surface area (Å²) in [5.74, 6) is 1.59. The number of rotatable bonds is 10. The number of methoxy groups -OCH3 is 1. The summed E-state index contributed by atoms with van der Waals surface area (Å²) in [7, 11) is 1.70. The van der Waals surface area contributed by atoms with Gasteiger partial charge in [-0.1, -0.05) is 12.1 Å². The molecule has 26 heavy (non-hydrogen) atoms. The van der Waals surface area contributed by atoms with Gasteiger partial charge in [0.05, 0.1) is 18.8 Å². The van der Waals surface area contributed by atoms with Crippen molar-refractivity contribution in [3.8, 4) is 5.75 Å². The van der Waals surface area contributed by atoms with Crippen molar-refractivity contribution in [1.29, 1.82) is 0 Å². The molecule has 0 heterocycles. The van der Waals surface area contributed by atoms with Crippen molar-refractivity contribution in [2.24, 2.45) is 4.99 Å². The maximum Gasteiger partial charge on any atom is 0.191 e. The minimum atomic E-state index is -0.574. The second kappa shape index (κ2) is 10.4. The van der Waals surface area contributed by atoms with E-state index in [0.29, 0.717) is 26.3 Å². The van der Waals surface area contributed by atoms with Gasteiger partial charge in [-0.15, -0.1) is 0 Å². The maximum absolute atomic E-state index is 10.3. The Kier molecular flexibility index (Phi) is 8.19. The van der Waals surface area contributed by atoms with Gasteiger partial charge in [0.2, 0.25) is 0 Å². The molecule has 0 amide bonds. The lowest BCUT2D eigenvalue weighted by atomic mass is 9.80. The number of guanidine groups is 1. The van der Waals surface area contributed by atoms with Crippen molar-refractivity contribution in [3.63, 3.8) is 0 Å². The van der Waals surface area contributed by atoms with Crippen LogP contribution in [0.1, 0.15) is 43.7 Å².